The fourth-order valence-electron chi connectivity index (χ4n) is 2.11. The summed E-state index contributed by atoms with van der Waals surface area (Å²) in [6.07, 6.45) is 0. The van der Waals surface area contributed by atoms with Gasteiger partial charge in [-0.05, 0) is 58.4 Å². The zero-order valence-corrected chi connectivity index (χ0v) is 17.2. The van der Waals surface area contributed by atoms with E-state index < -0.39 is 11.9 Å². The highest BCUT2D eigenvalue weighted by Crippen LogP contribution is 2.26. The Hall–Kier alpha value is -2.42. The summed E-state index contributed by atoms with van der Waals surface area (Å²) in [5.74, 6) is -0.0811. The summed E-state index contributed by atoms with van der Waals surface area (Å²) < 4.78 is 26.3. The van der Waals surface area contributed by atoms with Crippen molar-refractivity contribution in [3.05, 3.63) is 58.1 Å². The molecule has 0 aliphatic rings. The van der Waals surface area contributed by atoms with Gasteiger partial charge in [-0.15, -0.1) is 0 Å². The summed E-state index contributed by atoms with van der Waals surface area (Å²) in [5, 5.41) is 0. The zero-order chi connectivity index (χ0) is 20.4. The van der Waals surface area contributed by atoms with Crippen LogP contribution < -0.4 is 9.47 Å². The van der Waals surface area contributed by atoms with Gasteiger partial charge < -0.3 is 23.7 Å². The van der Waals surface area contributed by atoms with Crippen LogP contribution in [0, 0.1) is 0 Å². The maximum Gasteiger partial charge on any atom is 0.343 e. The number of hydrogen-bond acceptors (Lipinski definition) is 7. The summed E-state index contributed by atoms with van der Waals surface area (Å²) in [7, 11) is 3.12. The molecule has 150 valence electrons. The maximum atomic E-state index is 12.3. The van der Waals surface area contributed by atoms with Crippen LogP contribution in [-0.2, 0) is 14.2 Å². The topological polar surface area (TPSA) is 80.3 Å². The van der Waals surface area contributed by atoms with Gasteiger partial charge in [0.1, 0.15) is 24.7 Å². The first-order chi connectivity index (χ1) is 13.5. The predicted octanol–water partition coefficient (Wildman–Crippen LogP) is 3.50. The van der Waals surface area contributed by atoms with E-state index in [1.807, 2.05) is 0 Å². The molecule has 0 N–H and O–H groups in total. The normalized spacial score (nSPS) is 10.4. The molecule has 0 fully saturated rings. The first-order valence-electron chi connectivity index (χ1n) is 8.44. The molecule has 2 rings (SSSR count). The number of hydrogen-bond donors (Lipinski definition) is 0. The van der Waals surface area contributed by atoms with Crippen LogP contribution in [-0.4, -0.2) is 52.6 Å². The van der Waals surface area contributed by atoms with Crippen molar-refractivity contribution < 1.29 is 33.3 Å². The van der Waals surface area contributed by atoms with Crippen LogP contribution in [0.4, 0.5) is 0 Å². The van der Waals surface area contributed by atoms with Gasteiger partial charge >= 0.3 is 11.9 Å². The molecule has 0 saturated heterocycles. The van der Waals surface area contributed by atoms with Crippen molar-refractivity contribution in [2.75, 3.05) is 40.6 Å². The predicted molar refractivity (Wildman–Crippen MR) is 105 cm³/mol. The van der Waals surface area contributed by atoms with E-state index in [2.05, 4.69) is 15.9 Å². The van der Waals surface area contributed by atoms with Gasteiger partial charge in [0.05, 0.1) is 28.8 Å². The molecule has 0 bridgehead atoms. The minimum Gasteiger partial charge on any atom is -0.490 e. The molecule has 0 radical (unpaired) electrons. The molecule has 0 spiro atoms. The molecule has 7 nitrogen and oxygen atoms in total. The Kier molecular flexibility index (Phi) is 8.93. The molecule has 2 aromatic carbocycles. The SMILES string of the molecule is COCCOC(=O)c1ccc(OC(=O)c2ccc(OCCOC)c(Br)c2)cc1. The lowest BCUT2D eigenvalue weighted by atomic mass is 10.2. The second-order valence-electron chi connectivity index (χ2n) is 5.53. The molecular formula is C20H21BrO7. The minimum atomic E-state index is -0.528. The van der Waals surface area contributed by atoms with Gasteiger partial charge in [-0.25, -0.2) is 9.59 Å². The highest BCUT2D eigenvalue weighted by Gasteiger charge is 2.13. The highest BCUT2D eigenvalue weighted by atomic mass is 79.9. The van der Waals surface area contributed by atoms with Crippen LogP contribution in [0.1, 0.15) is 20.7 Å². The van der Waals surface area contributed by atoms with Crippen molar-refractivity contribution in [3.63, 3.8) is 0 Å². The first-order valence-corrected chi connectivity index (χ1v) is 9.24. The van der Waals surface area contributed by atoms with Crippen LogP contribution in [0.2, 0.25) is 0 Å². The fraction of sp³-hybridized carbons (Fsp3) is 0.300. The second-order valence-corrected chi connectivity index (χ2v) is 6.38. The lowest BCUT2D eigenvalue weighted by molar-refractivity contribution is 0.0388. The summed E-state index contributed by atoms with van der Waals surface area (Å²) in [6, 6.07) is 11.0. The largest absolute Gasteiger partial charge is 0.490 e. The van der Waals surface area contributed by atoms with Crippen LogP contribution in [0.5, 0.6) is 11.5 Å². The van der Waals surface area contributed by atoms with Crippen molar-refractivity contribution >= 4 is 27.9 Å². The van der Waals surface area contributed by atoms with Crippen molar-refractivity contribution in [3.8, 4) is 11.5 Å². The fourth-order valence-corrected chi connectivity index (χ4v) is 2.60. The van der Waals surface area contributed by atoms with Crippen LogP contribution in [0.3, 0.4) is 0 Å². The number of carbonyl (C=O) groups is 2. The van der Waals surface area contributed by atoms with Gasteiger partial charge in [-0.2, -0.15) is 0 Å². The van der Waals surface area contributed by atoms with Crippen molar-refractivity contribution in [2.24, 2.45) is 0 Å². The monoisotopic (exact) mass is 452 g/mol. The number of esters is 2. The quantitative estimate of drug-likeness (QED) is 0.310. The Morgan fingerprint density at radius 2 is 1.46 bits per heavy atom. The third-order valence-corrected chi connectivity index (χ3v) is 4.15. The molecule has 0 aliphatic carbocycles. The Morgan fingerprint density at radius 1 is 0.821 bits per heavy atom. The Bertz CT molecular complexity index is 790. The van der Waals surface area contributed by atoms with E-state index in [4.69, 9.17) is 23.7 Å². The number of benzene rings is 2. The van der Waals surface area contributed by atoms with Crippen molar-refractivity contribution in [1.82, 2.24) is 0 Å². The van der Waals surface area contributed by atoms with E-state index >= 15 is 0 Å². The van der Waals surface area contributed by atoms with E-state index in [1.165, 1.54) is 31.4 Å². The minimum absolute atomic E-state index is 0.173. The molecule has 0 saturated carbocycles. The Balaban J connectivity index is 1.95. The second kappa shape index (κ2) is 11.4. The first kappa shape index (κ1) is 21.9. The van der Waals surface area contributed by atoms with E-state index in [-0.39, 0.29) is 6.61 Å². The molecule has 0 aliphatic heterocycles. The third-order valence-electron chi connectivity index (χ3n) is 3.53. The molecule has 28 heavy (non-hydrogen) atoms. The van der Waals surface area contributed by atoms with E-state index in [0.29, 0.717) is 46.9 Å². The van der Waals surface area contributed by atoms with Crippen molar-refractivity contribution in [1.29, 1.82) is 0 Å². The molecule has 8 heteroatoms. The summed E-state index contributed by atoms with van der Waals surface area (Å²) in [5.41, 5.74) is 0.713. The zero-order valence-electron chi connectivity index (χ0n) is 15.6. The number of ether oxygens (including phenoxy) is 5. The van der Waals surface area contributed by atoms with Crippen LogP contribution >= 0.6 is 15.9 Å². The number of rotatable bonds is 10. The van der Waals surface area contributed by atoms with Gasteiger partial charge in [0.2, 0.25) is 0 Å². The summed E-state index contributed by atoms with van der Waals surface area (Å²) >= 11 is 3.37. The van der Waals surface area contributed by atoms with Crippen LogP contribution in [0.25, 0.3) is 0 Å². The Morgan fingerprint density at radius 3 is 2.11 bits per heavy atom. The summed E-state index contributed by atoms with van der Waals surface area (Å²) in [6.45, 7) is 1.37. The average Bonchev–Trinajstić information content (AvgIpc) is 2.70. The highest BCUT2D eigenvalue weighted by molar-refractivity contribution is 9.10. The molecule has 0 atom stereocenters. The summed E-state index contributed by atoms with van der Waals surface area (Å²) in [4.78, 5) is 24.1. The standard InChI is InChI=1S/C20H21BrO7/c1-24-9-11-26-18-8-5-15(13-17(18)21)20(23)28-16-6-3-14(4-7-16)19(22)27-12-10-25-2/h3-8,13H,9-12H2,1-2H3. The van der Waals surface area contributed by atoms with Gasteiger partial charge in [0.15, 0.2) is 0 Å². The number of methoxy groups -OCH3 is 2. The van der Waals surface area contributed by atoms with E-state index in [1.54, 1.807) is 25.3 Å². The van der Waals surface area contributed by atoms with Gasteiger partial charge in [-0.1, -0.05) is 0 Å². The lowest BCUT2D eigenvalue weighted by Gasteiger charge is -2.10. The van der Waals surface area contributed by atoms with E-state index in [0.717, 1.165) is 0 Å². The number of halogens is 1. The maximum absolute atomic E-state index is 12.3. The molecule has 2 aromatic rings. The number of carbonyl (C=O) groups excluding carboxylic acids is 2. The third kappa shape index (κ3) is 6.63. The molecule has 0 amide bonds. The van der Waals surface area contributed by atoms with Gasteiger partial charge in [-0.3, -0.25) is 0 Å². The molecular weight excluding hydrogens is 432 g/mol. The molecule has 0 aromatic heterocycles. The van der Waals surface area contributed by atoms with Gasteiger partial charge in [0, 0.05) is 14.2 Å². The van der Waals surface area contributed by atoms with Gasteiger partial charge in [0.25, 0.3) is 0 Å². The molecule has 0 heterocycles. The molecule has 0 unspecified atom stereocenters. The smallest absolute Gasteiger partial charge is 0.343 e. The van der Waals surface area contributed by atoms with Crippen molar-refractivity contribution in [2.45, 2.75) is 0 Å². The lowest BCUT2D eigenvalue weighted by Crippen LogP contribution is -2.11. The van der Waals surface area contributed by atoms with Crippen LogP contribution in [0.15, 0.2) is 46.9 Å². The van der Waals surface area contributed by atoms with E-state index in [9.17, 15) is 9.59 Å². The average molecular weight is 453 g/mol. The Labute approximate surface area is 171 Å².